The van der Waals surface area contributed by atoms with Crippen LogP contribution < -0.4 is 9.64 Å². The van der Waals surface area contributed by atoms with Crippen molar-refractivity contribution >= 4 is 11.6 Å². The van der Waals surface area contributed by atoms with E-state index in [0.717, 1.165) is 37.6 Å². The van der Waals surface area contributed by atoms with E-state index in [1.165, 1.54) is 18.5 Å². The maximum Gasteiger partial charge on any atom is 0.387 e. The Hall–Kier alpha value is -2.81. The Kier molecular flexibility index (Phi) is 4.37. The molecule has 0 radical (unpaired) electrons. The molecule has 1 aromatic carbocycles. The van der Waals surface area contributed by atoms with E-state index in [4.69, 9.17) is 0 Å². The topological polar surface area (TPSA) is 58.8 Å². The van der Waals surface area contributed by atoms with Gasteiger partial charge in [-0.05, 0) is 31.3 Å². The van der Waals surface area contributed by atoms with Crippen molar-refractivity contribution in [1.29, 1.82) is 0 Å². The number of piperazine rings is 1. The van der Waals surface area contributed by atoms with Gasteiger partial charge in [0.25, 0.3) is 5.78 Å². The molecule has 9 heteroatoms. The van der Waals surface area contributed by atoms with Crippen molar-refractivity contribution in [3.05, 3.63) is 36.7 Å². The van der Waals surface area contributed by atoms with Crippen LogP contribution in [0, 0.1) is 0 Å². The van der Waals surface area contributed by atoms with Gasteiger partial charge in [0.2, 0.25) is 0 Å². The van der Waals surface area contributed by atoms with Gasteiger partial charge in [-0.15, -0.1) is 0 Å². The molecule has 26 heavy (non-hydrogen) atoms. The van der Waals surface area contributed by atoms with Crippen molar-refractivity contribution < 1.29 is 13.5 Å². The Labute approximate surface area is 148 Å². The minimum Gasteiger partial charge on any atom is -0.435 e. The van der Waals surface area contributed by atoms with Crippen LogP contribution in [0.15, 0.2) is 36.7 Å². The lowest BCUT2D eigenvalue weighted by Crippen LogP contribution is -2.45. The van der Waals surface area contributed by atoms with Gasteiger partial charge < -0.3 is 14.5 Å². The highest BCUT2D eigenvalue weighted by atomic mass is 19.3. The molecule has 136 valence electrons. The summed E-state index contributed by atoms with van der Waals surface area (Å²) >= 11 is 0. The van der Waals surface area contributed by atoms with Crippen LogP contribution >= 0.6 is 0 Å². The zero-order chi connectivity index (χ0) is 18.1. The fourth-order valence-corrected chi connectivity index (χ4v) is 3.01. The monoisotopic (exact) mass is 360 g/mol. The summed E-state index contributed by atoms with van der Waals surface area (Å²) in [4.78, 5) is 13.3. The average molecular weight is 360 g/mol. The number of benzene rings is 1. The SMILES string of the molecule is CN1CCN(c2cc(-c3ccc(OC(F)F)cc3)nc3ncnn23)CC1. The Bertz CT molecular complexity index is 890. The molecule has 0 bridgehead atoms. The van der Waals surface area contributed by atoms with Crippen molar-refractivity contribution in [2.75, 3.05) is 38.1 Å². The van der Waals surface area contributed by atoms with E-state index in [0.29, 0.717) is 11.5 Å². The van der Waals surface area contributed by atoms with Crippen LogP contribution in [0.2, 0.25) is 0 Å². The number of ether oxygens (including phenoxy) is 1. The van der Waals surface area contributed by atoms with Gasteiger partial charge in [-0.3, -0.25) is 0 Å². The smallest absolute Gasteiger partial charge is 0.387 e. The molecule has 2 aromatic heterocycles. The van der Waals surface area contributed by atoms with E-state index in [1.807, 2.05) is 6.07 Å². The Morgan fingerprint density at radius 3 is 2.50 bits per heavy atom. The van der Waals surface area contributed by atoms with Crippen LogP contribution in [-0.4, -0.2) is 64.3 Å². The molecule has 3 heterocycles. The van der Waals surface area contributed by atoms with E-state index in [2.05, 4.69) is 36.7 Å². The fourth-order valence-electron chi connectivity index (χ4n) is 3.01. The largest absolute Gasteiger partial charge is 0.435 e. The second kappa shape index (κ2) is 6.83. The van der Waals surface area contributed by atoms with Crippen LogP contribution in [-0.2, 0) is 0 Å². The number of nitrogens with zero attached hydrogens (tertiary/aromatic N) is 6. The summed E-state index contributed by atoms with van der Waals surface area (Å²) in [5, 5.41) is 4.28. The van der Waals surface area contributed by atoms with Gasteiger partial charge in [0.1, 0.15) is 17.9 Å². The van der Waals surface area contributed by atoms with Crippen molar-refractivity contribution in [2.45, 2.75) is 6.61 Å². The summed E-state index contributed by atoms with van der Waals surface area (Å²) < 4.78 is 30.7. The predicted molar refractivity (Wildman–Crippen MR) is 92.6 cm³/mol. The lowest BCUT2D eigenvalue weighted by Gasteiger charge is -2.33. The van der Waals surface area contributed by atoms with E-state index in [9.17, 15) is 8.78 Å². The Balaban J connectivity index is 1.69. The summed E-state index contributed by atoms with van der Waals surface area (Å²) in [5.74, 6) is 1.54. The quantitative estimate of drug-likeness (QED) is 0.711. The Morgan fingerprint density at radius 1 is 1.08 bits per heavy atom. The first-order valence-electron chi connectivity index (χ1n) is 8.30. The Morgan fingerprint density at radius 2 is 1.81 bits per heavy atom. The standard InChI is InChI=1S/C17H18F2N6O/c1-23-6-8-24(9-7-23)15-10-14(22-17-20-11-21-25(15)17)12-2-4-13(5-3-12)26-16(18)19/h2-5,10-11,16H,6-9H2,1H3. The van der Waals surface area contributed by atoms with Crippen LogP contribution in [0.1, 0.15) is 0 Å². The van der Waals surface area contributed by atoms with Crippen LogP contribution in [0.25, 0.3) is 17.0 Å². The summed E-state index contributed by atoms with van der Waals surface area (Å²) in [5.41, 5.74) is 1.51. The maximum atomic E-state index is 12.3. The highest BCUT2D eigenvalue weighted by Gasteiger charge is 2.19. The van der Waals surface area contributed by atoms with Crippen molar-refractivity contribution in [3.8, 4) is 17.0 Å². The summed E-state index contributed by atoms with van der Waals surface area (Å²) in [6.45, 7) is 0.864. The summed E-state index contributed by atoms with van der Waals surface area (Å²) in [6.07, 6.45) is 1.48. The molecule has 7 nitrogen and oxygen atoms in total. The van der Waals surface area contributed by atoms with E-state index < -0.39 is 6.61 Å². The minimum atomic E-state index is -2.84. The summed E-state index contributed by atoms with van der Waals surface area (Å²) in [7, 11) is 2.10. The van der Waals surface area contributed by atoms with Crippen molar-refractivity contribution in [1.82, 2.24) is 24.5 Å². The van der Waals surface area contributed by atoms with Gasteiger partial charge in [0, 0.05) is 37.8 Å². The lowest BCUT2D eigenvalue weighted by atomic mass is 10.1. The van der Waals surface area contributed by atoms with Crippen molar-refractivity contribution in [3.63, 3.8) is 0 Å². The third kappa shape index (κ3) is 3.30. The number of hydrogen-bond donors (Lipinski definition) is 0. The zero-order valence-corrected chi connectivity index (χ0v) is 14.2. The second-order valence-electron chi connectivity index (χ2n) is 6.16. The minimum absolute atomic E-state index is 0.117. The maximum absolute atomic E-state index is 12.3. The predicted octanol–water partition coefficient (Wildman–Crippen LogP) is 2.14. The number of alkyl halides is 2. The number of likely N-dealkylation sites (N-methyl/N-ethyl adjacent to an activating group) is 1. The first-order valence-corrected chi connectivity index (χ1v) is 8.30. The van der Waals surface area contributed by atoms with Crippen molar-refractivity contribution in [2.24, 2.45) is 0 Å². The summed E-state index contributed by atoms with van der Waals surface area (Å²) in [6, 6.07) is 8.39. The third-order valence-corrected chi connectivity index (χ3v) is 4.44. The van der Waals surface area contributed by atoms with E-state index in [-0.39, 0.29) is 5.75 Å². The number of aromatic nitrogens is 4. The van der Waals surface area contributed by atoms with E-state index in [1.54, 1.807) is 16.6 Å². The van der Waals surface area contributed by atoms with Gasteiger partial charge >= 0.3 is 6.61 Å². The molecule has 0 N–H and O–H groups in total. The number of hydrogen-bond acceptors (Lipinski definition) is 6. The van der Waals surface area contributed by atoms with Crippen LogP contribution in [0.5, 0.6) is 5.75 Å². The molecule has 4 rings (SSSR count). The molecule has 1 fully saturated rings. The highest BCUT2D eigenvalue weighted by molar-refractivity contribution is 5.66. The molecule has 1 aliphatic heterocycles. The second-order valence-corrected chi connectivity index (χ2v) is 6.16. The van der Waals surface area contributed by atoms with E-state index >= 15 is 0 Å². The van der Waals surface area contributed by atoms with Gasteiger partial charge in [-0.2, -0.15) is 23.4 Å². The highest BCUT2D eigenvalue weighted by Crippen LogP contribution is 2.26. The molecule has 3 aromatic rings. The molecule has 0 saturated carbocycles. The number of anilines is 1. The number of halogens is 2. The van der Waals surface area contributed by atoms with Crippen LogP contribution in [0.4, 0.5) is 14.6 Å². The molecular weight excluding hydrogens is 342 g/mol. The normalized spacial score (nSPS) is 15.8. The molecular formula is C17H18F2N6O. The van der Waals surface area contributed by atoms with Gasteiger partial charge in [0.05, 0.1) is 5.69 Å². The molecule has 0 spiro atoms. The number of rotatable bonds is 4. The molecule has 0 atom stereocenters. The average Bonchev–Trinajstić information content (AvgIpc) is 3.10. The van der Waals surface area contributed by atoms with Gasteiger partial charge in [-0.1, -0.05) is 0 Å². The lowest BCUT2D eigenvalue weighted by molar-refractivity contribution is -0.0498. The molecule has 0 amide bonds. The first kappa shape index (κ1) is 16.6. The van der Waals surface area contributed by atoms with Gasteiger partial charge in [-0.25, -0.2) is 4.98 Å². The zero-order valence-electron chi connectivity index (χ0n) is 14.2. The molecule has 0 aliphatic carbocycles. The molecule has 0 unspecified atom stereocenters. The van der Waals surface area contributed by atoms with Gasteiger partial charge in [0.15, 0.2) is 0 Å². The third-order valence-electron chi connectivity index (χ3n) is 4.44. The molecule has 1 aliphatic rings. The first-order chi connectivity index (χ1) is 12.6. The van der Waals surface area contributed by atoms with Crippen LogP contribution in [0.3, 0.4) is 0 Å². The fraction of sp³-hybridized carbons (Fsp3) is 0.353. The molecule has 1 saturated heterocycles. The number of fused-ring (bicyclic) bond motifs is 1.